The summed E-state index contributed by atoms with van der Waals surface area (Å²) in [6.07, 6.45) is 0.442. The zero-order valence-corrected chi connectivity index (χ0v) is 22.2. The van der Waals surface area contributed by atoms with Gasteiger partial charge in [-0.1, -0.05) is 84.9 Å². The third kappa shape index (κ3) is 4.56. The first kappa shape index (κ1) is 25.3. The number of aryl methyl sites for hydroxylation is 1. The number of para-hydroxylation sites is 1. The Morgan fingerprint density at radius 3 is 1.93 bits per heavy atom. The Morgan fingerprint density at radius 2 is 1.27 bits per heavy atom. The van der Waals surface area contributed by atoms with Crippen molar-refractivity contribution in [2.24, 2.45) is 0 Å². The number of anilines is 1. The molecule has 0 atom stereocenters. The van der Waals surface area contributed by atoms with Crippen molar-refractivity contribution in [3.63, 3.8) is 0 Å². The topological polar surface area (TPSA) is 57.7 Å². The van der Waals surface area contributed by atoms with Crippen molar-refractivity contribution in [1.29, 1.82) is 0 Å². The molecule has 5 aromatic carbocycles. The van der Waals surface area contributed by atoms with Gasteiger partial charge in [0, 0.05) is 40.9 Å². The van der Waals surface area contributed by atoms with Gasteiger partial charge in [-0.05, 0) is 65.8 Å². The zero-order chi connectivity index (χ0) is 27.6. The molecular formula is C35H28N2O3. The predicted octanol–water partition coefficient (Wildman–Crippen LogP) is 7.15. The molecule has 0 aromatic heterocycles. The van der Waals surface area contributed by atoms with Crippen molar-refractivity contribution in [3.05, 3.63) is 138 Å². The van der Waals surface area contributed by atoms with Gasteiger partial charge in [-0.2, -0.15) is 0 Å². The van der Waals surface area contributed by atoms with Gasteiger partial charge < -0.3 is 4.90 Å². The number of imide groups is 1. The van der Waals surface area contributed by atoms with Crippen LogP contribution in [-0.4, -0.2) is 35.7 Å². The Labute approximate surface area is 233 Å². The quantitative estimate of drug-likeness (QED) is 0.213. The van der Waals surface area contributed by atoms with Crippen LogP contribution in [0.2, 0.25) is 0 Å². The summed E-state index contributed by atoms with van der Waals surface area (Å²) in [7, 11) is 0. The van der Waals surface area contributed by atoms with Crippen LogP contribution < -0.4 is 4.90 Å². The van der Waals surface area contributed by atoms with Gasteiger partial charge in [0.25, 0.3) is 17.7 Å². The second kappa shape index (κ2) is 10.6. The lowest BCUT2D eigenvalue weighted by Crippen LogP contribution is -2.42. The lowest BCUT2D eigenvalue weighted by atomic mass is 9.94. The Hall–Kier alpha value is -5.03. The van der Waals surface area contributed by atoms with Crippen LogP contribution in [0.3, 0.4) is 0 Å². The van der Waals surface area contributed by atoms with Crippen molar-refractivity contribution in [1.82, 2.24) is 4.90 Å². The molecule has 0 unspecified atom stereocenters. The zero-order valence-electron chi connectivity index (χ0n) is 22.2. The van der Waals surface area contributed by atoms with Crippen molar-refractivity contribution in [2.45, 2.75) is 13.3 Å². The normalized spacial score (nSPS) is 12.6. The van der Waals surface area contributed by atoms with E-state index in [4.69, 9.17) is 0 Å². The van der Waals surface area contributed by atoms with E-state index in [1.54, 1.807) is 17.0 Å². The first-order chi connectivity index (χ1) is 19.5. The molecule has 1 aliphatic rings. The van der Waals surface area contributed by atoms with Crippen molar-refractivity contribution in [2.75, 3.05) is 18.0 Å². The number of rotatable bonds is 7. The summed E-state index contributed by atoms with van der Waals surface area (Å²) in [5.74, 6) is -0.709. The summed E-state index contributed by atoms with van der Waals surface area (Å²) < 4.78 is 0. The van der Waals surface area contributed by atoms with E-state index in [2.05, 4.69) is 0 Å². The van der Waals surface area contributed by atoms with Gasteiger partial charge in [0.2, 0.25) is 0 Å². The number of benzene rings is 5. The van der Waals surface area contributed by atoms with Crippen LogP contribution in [0.1, 0.15) is 43.1 Å². The molecule has 0 radical (unpaired) electrons. The average Bonchev–Trinajstić information content (AvgIpc) is 3.00. The minimum atomic E-state index is -0.292. The maximum Gasteiger partial charge on any atom is 0.261 e. The molecule has 0 saturated carbocycles. The van der Waals surface area contributed by atoms with E-state index >= 15 is 0 Å². The Bertz CT molecular complexity index is 1690. The first-order valence-electron chi connectivity index (χ1n) is 13.4. The van der Waals surface area contributed by atoms with Crippen molar-refractivity contribution in [3.8, 4) is 11.1 Å². The highest BCUT2D eigenvalue weighted by molar-refractivity contribution is 6.25. The molecule has 1 heterocycles. The molecule has 3 amide bonds. The van der Waals surface area contributed by atoms with E-state index in [0.717, 1.165) is 27.8 Å². The molecule has 5 nitrogen and oxygen atoms in total. The molecule has 0 N–H and O–H groups in total. The highest BCUT2D eigenvalue weighted by atomic mass is 16.2. The molecule has 0 fully saturated rings. The fourth-order valence-electron chi connectivity index (χ4n) is 5.46. The lowest BCUT2D eigenvalue weighted by Gasteiger charge is -2.29. The first-order valence-corrected chi connectivity index (χ1v) is 13.4. The van der Waals surface area contributed by atoms with E-state index in [-0.39, 0.29) is 24.3 Å². The van der Waals surface area contributed by atoms with Crippen LogP contribution in [0.4, 0.5) is 5.69 Å². The van der Waals surface area contributed by atoms with Crippen LogP contribution >= 0.6 is 0 Å². The summed E-state index contributed by atoms with van der Waals surface area (Å²) in [6.45, 7) is 2.54. The Kier molecular flexibility index (Phi) is 6.71. The molecule has 0 saturated heterocycles. The molecule has 0 bridgehead atoms. The number of amides is 3. The molecule has 196 valence electrons. The number of hydrogen-bond donors (Lipinski definition) is 0. The maximum absolute atomic E-state index is 13.8. The van der Waals surface area contributed by atoms with Crippen LogP contribution in [0, 0.1) is 6.92 Å². The third-order valence-electron chi connectivity index (χ3n) is 7.51. The highest BCUT2D eigenvalue weighted by Gasteiger charge is 2.32. The van der Waals surface area contributed by atoms with E-state index in [0.29, 0.717) is 35.0 Å². The minimum Gasteiger partial charge on any atom is -0.308 e. The van der Waals surface area contributed by atoms with Crippen LogP contribution in [0.25, 0.3) is 21.9 Å². The van der Waals surface area contributed by atoms with Crippen LogP contribution in [-0.2, 0) is 0 Å². The van der Waals surface area contributed by atoms with Gasteiger partial charge in [0.05, 0.1) is 0 Å². The number of carbonyl (C=O) groups is 3. The van der Waals surface area contributed by atoms with E-state index in [9.17, 15) is 14.4 Å². The standard InChI is InChI=1S/C35H28N2O3/c1-24-10-5-6-17-31(24)36(33(38)28-20-18-26(19-21-28)25-11-3-2-4-12-25)22-9-23-37-34(39)29-15-7-13-27-14-8-16-30(32(27)29)35(37)40/h2-8,10-21H,9,22-23H2,1H3. The average molecular weight is 525 g/mol. The van der Waals surface area contributed by atoms with Crippen LogP contribution in [0.5, 0.6) is 0 Å². The predicted molar refractivity (Wildman–Crippen MR) is 159 cm³/mol. The Morgan fingerprint density at radius 1 is 0.675 bits per heavy atom. The highest BCUT2D eigenvalue weighted by Crippen LogP contribution is 2.30. The van der Waals surface area contributed by atoms with Gasteiger partial charge in [-0.25, -0.2) is 0 Å². The second-order valence-corrected chi connectivity index (χ2v) is 10.0. The molecule has 1 aliphatic heterocycles. The summed E-state index contributed by atoms with van der Waals surface area (Å²) in [5, 5.41) is 1.60. The fourth-order valence-corrected chi connectivity index (χ4v) is 5.46. The summed E-state index contributed by atoms with van der Waals surface area (Å²) in [6, 6.07) is 36.5. The second-order valence-electron chi connectivity index (χ2n) is 10.0. The van der Waals surface area contributed by atoms with Gasteiger partial charge in [0.1, 0.15) is 0 Å². The largest absolute Gasteiger partial charge is 0.308 e. The minimum absolute atomic E-state index is 0.125. The van der Waals surface area contributed by atoms with E-state index in [1.165, 1.54) is 4.90 Å². The van der Waals surface area contributed by atoms with Gasteiger partial charge in [-0.15, -0.1) is 0 Å². The molecule has 5 heteroatoms. The van der Waals surface area contributed by atoms with Gasteiger partial charge >= 0.3 is 0 Å². The van der Waals surface area contributed by atoms with E-state index in [1.807, 2.05) is 110 Å². The lowest BCUT2D eigenvalue weighted by molar-refractivity contribution is 0.0610. The fraction of sp³-hybridized carbons (Fsp3) is 0.114. The molecule has 0 spiro atoms. The monoisotopic (exact) mass is 524 g/mol. The van der Waals surface area contributed by atoms with Crippen LogP contribution in [0.15, 0.2) is 115 Å². The molecule has 6 rings (SSSR count). The number of nitrogens with zero attached hydrogens (tertiary/aromatic N) is 2. The van der Waals surface area contributed by atoms with Gasteiger partial charge in [0.15, 0.2) is 0 Å². The summed E-state index contributed by atoms with van der Waals surface area (Å²) in [5.41, 5.74) is 5.57. The number of hydrogen-bond acceptors (Lipinski definition) is 3. The summed E-state index contributed by atoms with van der Waals surface area (Å²) >= 11 is 0. The number of carbonyl (C=O) groups excluding carboxylic acids is 3. The van der Waals surface area contributed by atoms with Crippen molar-refractivity contribution < 1.29 is 14.4 Å². The smallest absolute Gasteiger partial charge is 0.261 e. The molecule has 5 aromatic rings. The van der Waals surface area contributed by atoms with E-state index < -0.39 is 0 Å². The maximum atomic E-state index is 13.8. The van der Waals surface area contributed by atoms with Gasteiger partial charge in [-0.3, -0.25) is 19.3 Å². The summed E-state index contributed by atoms with van der Waals surface area (Å²) in [4.78, 5) is 43.6. The molecule has 40 heavy (non-hydrogen) atoms. The SMILES string of the molecule is Cc1ccccc1N(CCCN1C(=O)c2cccc3cccc(c23)C1=O)C(=O)c1ccc(-c2ccccc2)cc1. The Balaban J connectivity index is 1.24. The molecular weight excluding hydrogens is 496 g/mol. The third-order valence-corrected chi connectivity index (χ3v) is 7.51. The molecule has 0 aliphatic carbocycles. The van der Waals surface area contributed by atoms with Crippen molar-refractivity contribution >= 4 is 34.2 Å².